The molecule has 114 valence electrons. The molecule has 0 fully saturated rings. The highest BCUT2D eigenvalue weighted by Gasteiger charge is 2.09. The zero-order valence-corrected chi connectivity index (χ0v) is 13.3. The maximum Gasteiger partial charge on any atom is 0.225 e. The first-order valence-electron chi connectivity index (χ1n) is 7.30. The van der Waals surface area contributed by atoms with Gasteiger partial charge in [-0.2, -0.15) is 5.26 Å². The van der Waals surface area contributed by atoms with Crippen molar-refractivity contribution in [1.82, 2.24) is 4.90 Å². The molecule has 0 aliphatic heterocycles. The topological polar surface area (TPSA) is 53.3 Å². The molecule has 0 saturated carbocycles. The van der Waals surface area contributed by atoms with E-state index in [0.29, 0.717) is 31.9 Å². The number of carbonyl (C=O) groups excluding carboxylic acids is 1. The number of hydrogen-bond acceptors (Lipinski definition) is 3. The molecule has 1 rings (SSSR count). The van der Waals surface area contributed by atoms with Gasteiger partial charge < -0.3 is 9.64 Å². The van der Waals surface area contributed by atoms with Crippen LogP contribution in [0, 0.1) is 18.3 Å². The van der Waals surface area contributed by atoms with Crippen molar-refractivity contribution >= 4 is 5.91 Å². The standard InChI is InChI=1S/C17H24N2O2/c1-13(2)15-7-6-14(3)16(12-15)21-11-8-17(20)19(4)10-5-9-18/h6-7,12-13H,5,8,10-11H2,1-4H3. The highest BCUT2D eigenvalue weighted by molar-refractivity contribution is 5.76. The van der Waals surface area contributed by atoms with Gasteiger partial charge in [0.05, 0.1) is 25.5 Å². The fraction of sp³-hybridized carbons (Fsp3) is 0.529. The third-order valence-corrected chi connectivity index (χ3v) is 3.44. The molecular weight excluding hydrogens is 264 g/mol. The number of benzene rings is 1. The van der Waals surface area contributed by atoms with Gasteiger partial charge in [-0.3, -0.25) is 4.79 Å². The minimum Gasteiger partial charge on any atom is -0.493 e. The van der Waals surface area contributed by atoms with Crippen molar-refractivity contribution in [1.29, 1.82) is 5.26 Å². The van der Waals surface area contributed by atoms with E-state index in [1.165, 1.54) is 5.56 Å². The fourth-order valence-electron chi connectivity index (χ4n) is 1.91. The molecule has 0 spiro atoms. The van der Waals surface area contributed by atoms with E-state index in [1.807, 2.05) is 25.1 Å². The van der Waals surface area contributed by atoms with Gasteiger partial charge in [0.2, 0.25) is 5.91 Å². The van der Waals surface area contributed by atoms with Crippen LogP contribution in [0.5, 0.6) is 5.75 Å². The van der Waals surface area contributed by atoms with Crippen LogP contribution in [0.4, 0.5) is 0 Å². The van der Waals surface area contributed by atoms with Gasteiger partial charge in [-0.25, -0.2) is 0 Å². The summed E-state index contributed by atoms with van der Waals surface area (Å²) in [6.45, 7) is 7.11. The summed E-state index contributed by atoms with van der Waals surface area (Å²) >= 11 is 0. The third-order valence-electron chi connectivity index (χ3n) is 3.44. The van der Waals surface area contributed by atoms with Crippen molar-refractivity contribution in [3.05, 3.63) is 29.3 Å². The Morgan fingerprint density at radius 2 is 2.14 bits per heavy atom. The van der Waals surface area contributed by atoms with Gasteiger partial charge in [-0.05, 0) is 30.0 Å². The molecule has 0 radical (unpaired) electrons. The van der Waals surface area contributed by atoms with Crippen LogP contribution in [0.25, 0.3) is 0 Å². The quantitative estimate of drug-likeness (QED) is 0.774. The van der Waals surface area contributed by atoms with Crippen molar-refractivity contribution in [3.63, 3.8) is 0 Å². The largest absolute Gasteiger partial charge is 0.493 e. The lowest BCUT2D eigenvalue weighted by molar-refractivity contribution is -0.130. The van der Waals surface area contributed by atoms with Crippen molar-refractivity contribution in [2.75, 3.05) is 20.2 Å². The van der Waals surface area contributed by atoms with Crippen LogP contribution in [-0.4, -0.2) is 31.0 Å². The number of nitrogens with zero attached hydrogens (tertiary/aromatic N) is 2. The first kappa shape index (κ1) is 17.0. The Bertz CT molecular complexity index is 518. The lowest BCUT2D eigenvalue weighted by atomic mass is 10.0. The number of ether oxygens (including phenoxy) is 1. The molecule has 1 aromatic rings. The zero-order chi connectivity index (χ0) is 15.8. The van der Waals surface area contributed by atoms with Gasteiger partial charge in [0.25, 0.3) is 0 Å². The Morgan fingerprint density at radius 1 is 1.43 bits per heavy atom. The van der Waals surface area contributed by atoms with Gasteiger partial charge >= 0.3 is 0 Å². The van der Waals surface area contributed by atoms with Crippen LogP contribution >= 0.6 is 0 Å². The molecule has 0 saturated heterocycles. The maximum atomic E-state index is 11.8. The minimum absolute atomic E-state index is 0.00270. The predicted molar refractivity (Wildman–Crippen MR) is 83.2 cm³/mol. The van der Waals surface area contributed by atoms with Gasteiger partial charge in [0.15, 0.2) is 0 Å². The lowest BCUT2D eigenvalue weighted by Gasteiger charge is -2.16. The van der Waals surface area contributed by atoms with Crippen LogP contribution in [0.15, 0.2) is 18.2 Å². The molecule has 4 heteroatoms. The number of hydrogen-bond donors (Lipinski definition) is 0. The second kappa shape index (κ2) is 8.31. The van der Waals surface area contributed by atoms with Gasteiger partial charge in [-0.15, -0.1) is 0 Å². The fourth-order valence-corrected chi connectivity index (χ4v) is 1.91. The SMILES string of the molecule is Cc1ccc(C(C)C)cc1OCCC(=O)N(C)CCC#N. The van der Waals surface area contributed by atoms with Crippen molar-refractivity contribution in [3.8, 4) is 11.8 Å². The molecule has 0 atom stereocenters. The van der Waals surface area contributed by atoms with Crippen molar-refractivity contribution < 1.29 is 9.53 Å². The molecule has 1 aromatic carbocycles. The second-order valence-electron chi connectivity index (χ2n) is 5.50. The average molecular weight is 288 g/mol. The molecular formula is C17H24N2O2. The number of carbonyl (C=O) groups is 1. The summed E-state index contributed by atoms with van der Waals surface area (Å²) in [6.07, 6.45) is 0.686. The third kappa shape index (κ3) is 5.47. The summed E-state index contributed by atoms with van der Waals surface area (Å²) in [5.74, 6) is 1.29. The van der Waals surface area contributed by atoms with Crippen molar-refractivity contribution in [2.24, 2.45) is 0 Å². The van der Waals surface area contributed by atoms with E-state index >= 15 is 0 Å². The van der Waals surface area contributed by atoms with Crippen LogP contribution in [0.2, 0.25) is 0 Å². The molecule has 21 heavy (non-hydrogen) atoms. The molecule has 0 bridgehead atoms. The molecule has 0 N–H and O–H groups in total. The van der Waals surface area contributed by atoms with Crippen LogP contribution in [0.1, 0.15) is 43.7 Å². The number of nitriles is 1. The Morgan fingerprint density at radius 3 is 2.76 bits per heavy atom. The summed E-state index contributed by atoms with van der Waals surface area (Å²) in [7, 11) is 1.71. The van der Waals surface area contributed by atoms with E-state index in [0.717, 1.165) is 11.3 Å². The van der Waals surface area contributed by atoms with E-state index in [4.69, 9.17) is 10.00 Å². The van der Waals surface area contributed by atoms with E-state index in [9.17, 15) is 4.79 Å². The average Bonchev–Trinajstić information content (AvgIpc) is 2.46. The Hall–Kier alpha value is -2.02. The summed E-state index contributed by atoms with van der Waals surface area (Å²) in [5, 5.41) is 8.51. The van der Waals surface area contributed by atoms with Crippen LogP contribution < -0.4 is 4.74 Å². The molecule has 1 amide bonds. The van der Waals surface area contributed by atoms with E-state index in [1.54, 1.807) is 11.9 Å². The number of rotatable bonds is 7. The summed E-state index contributed by atoms with van der Waals surface area (Å²) < 4.78 is 5.74. The molecule has 0 unspecified atom stereocenters. The molecule has 0 aliphatic carbocycles. The Balaban J connectivity index is 2.50. The van der Waals surface area contributed by atoms with Gasteiger partial charge in [-0.1, -0.05) is 26.0 Å². The second-order valence-corrected chi connectivity index (χ2v) is 5.50. The van der Waals surface area contributed by atoms with E-state index < -0.39 is 0 Å². The first-order valence-corrected chi connectivity index (χ1v) is 7.30. The number of aryl methyl sites for hydroxylation is 1. The lowest BCUT2D eigenvalue weighted by Crippen LogP contribution is -2.28. The number of amides is 1. The zero-order valence-electron chi connectivity index (χ0n) is 13.3. The summed E-state index contributed by atoms with van der Waals surface area (Å²) in [6, 6.07) is 8.23. The molecule has 0 aromatic heterocycles. The first-order chi connectivity index (χ1) is 9.95. The highest BCUT2D eigenvalue weighted by Crippen LogP contribution is 2.24. The molecule has 0 heterocycles. The predicted octanol–water partition coefficient (Wildman–Crippen LogP) is 3.26. The van der Waals surface area contributed by atoms with Gasteiger partial charge in [0, 0.05) is 13.6 Å². The van der Waals surface area contributed by atoms with E-state index in [2.05, 4.69) is 19.9 Å². The normalized spacial score (nSPS) is 10.3. The highest BCUT2D eigenvalue weighted by atomic mass is 16.5. The summed E-state index contributed by atoms with van der Waals surface area (Å²) in [4.78, 5) is 13.4. The summed E-state index contributed by atoms with van der Waals surface area (Å²) in [5.41, 5.74) is 2.30. The Labute approximate surface area is 127 Å². The van der Waals surface area contributed by atoms with E-state index in [-0.39, 0.29) is 5.91 Å². The maximum absolute atomic E-state index is 11.8. The molecule has 4 nitrogen and oxygen atoms in total. The minimum atomic E-state index is 0.00270. The van der Waals surface area contributed by atoms with Crippen LogP contribution in [0.3, 0.4) is 0 Å². The van der Waals surface area contributed by atoms with Gasteiger partial charge in [0.1, 0.15) is 5.75 Å². The monoisotopic (exact) mass is 288 g/mol. The van der Waals surface area contributed by atoms with Crippen LogP contribution in [-0.2, 0) is 4.79 Å². The smallest absolute Gasteiger partial charge is 0.225 e. The Kier molecular flexibility index (Phi) is 6.74. The molecule has 0 aliphatic rings. The van der Waals surface area contributed by atoms with Crippen molar-refractivity contribution in [2.45, 2.75) is 39.5 Å².